The van der Waals surface area contributed by atoms with Gasteiger partial charge in [0.05, 0.1) is 6.10 Å². The van der Waals surface area contributed by atoms with E-state index in [4.69, 9.17) is 16.0 Å². The molecule has 144 valence electrons. The van der Waals surface area contributed by atoms with E-state index in [0.717, 1.165) is 16.7 Å². The van der Waals surface area contributed by atoms with Gasteiger partial charge in [0.15, 0.2) is 0 Å². The Bertz CT molecular complexity index is 956. The van der Waals surface area contributed by atoms with Crippen LogP contribution in [0.5, 0.6) is 0 Å². The topological polar surface area (TPSA) is 100 Å². The third-order valence-corrected chi connectivity index (χ3v) is 4.91. The Balaban J connectivity index is 1.39. The smallest absolute Gasteiger partial charge is 0.248 e. The first kappa shape index (κ1) is 18.6. The second-order valence-electron chi connectivity index (χ2n) is 6.62. The van der Waals surface area contributed by atoms with Crippen molar-refractivity contribution in [3.8, 4) is 22.9 Å². The van der Waals surface area contributed by atoms with Crippen molar-refractivity contribution in [2.24, 2.45) is 0 Å². The Morgan fingerprint density at radius 3 is 2.29 bits per heavy atom. The molecule has 0 saturated carbocycles. The molecule has 1 aromatic heterocycles. The van der Waals surface area contributed by atoms with Gasteiger partial charge in [0.1, 0.15) is 6.04 Å². The number of nitrogens with one attached hydrogen (secondary N) is 2. The highest BCUT2D eigenvalue weighted by molar-refractivity contribution is 6.30. The maximum atomic E-state index is 12.1. The van der Waals surface area contributed by atoms with Gasteiger partial charge in [-0.1, -0.05) is 23.7 Å². The maximum Gasteiger partial charge on any atom is 0.248 e. The molecule has 0 spiro atoms. The van der Waals surface area contributed by atoms with E-state index in [1.165, 1.54) is 0 Å². The number of halogens is 1. The Hall–Kier alpha value is -2.74. The van der Waals surface area contributed by atoms with Crippen LogP contribution in [0.4, 0.5) is 0 Å². The van der Waals surface area contributed by atoms with Crippen LogP contribution in [0.2, 0.25) is 5.02 Å². The van der Waals surface area contributed by atoms with Gasteiger partial charge in [-0.3, -0.25) is 4.79 Å². The third kappa shape index (κ3) is 4.06. The molecule has 2 heterocycles. The molecule has 1 amide bonds. The maximum absolute atomic E-state index is 12.1. The second kappa shape index (κ2) is 8.10. The van der Waals surface area contributed by atoms with Gasteiger partial charge >= 0.3 is 0 Å². The fourth-order valence-electron chi connectivity index (χ4n) is 3.07. The molecule has 0 bridgehead atoms. The minimum Gasteiger partial charge on any atom is -0.416 e. The Morgan fingerprint density at radius 1 is 1.11 bits per heavy atom. The highest BCUT2D eigenvalue weighted by Crippen LogP contribution is 2.25. The zero-order valence-electron chi connectivity index (χ0n) is 14.9. The molecule has 3 N–H and O–H groups in total. The summed E-state index contributed by atoms with van der Waals surface area (Å²) in [6, 6.07) is 14.1. The zero-order chi connectivity index (χ0) is 19.5. The quantitative estimate of drug-likeness (QED) is 0.610. The number of carbonyl (C=O) groups excluding carboxylic acids is 1. The van der Waals surface area contributed by atoms with Crippen molar-refractivity contribution in [3.05, 3.63) is 59.1 Å². The summed E-state index contributed by atoms with van der Waals surface area (Å²) >= 11 is 5.90. The molecule has 3 aromatic rings. The minimum atomic E-state index is -0.630. The van der Waals surface area contributed by atoms with E-state index < -0.39 is 12.1 Å². The molecular weight excluding hydrogens is 380 g/mol. The molecule has 7 nitrogen and oxygen atoms in total. The Labute approximate surface area is 166 Å². The number of rotatable bonds is 5. The molecule has 4 rings (SSSR count). The lowest BCUT2D eigenvalue weighted by atomic mass is 10.1. The molecule has 2 aromatic carbocycles. The fraction of sp³-hybridized carbons (Fsp3) is 0.250. The highest BCUT2D eigenvalue weighted by Gasteiger charge is 2.30. The number of nitrogens with zero attached hydrogens (tertiary/aromatic N) is 2. The predicted octanol–water partition coefficient (Wildman–Crippen LogP) is 2.40. The molecule has 0 radical (unpaired) electrons. The Kier molecular flexibility index (Phi) is 5.38. The first-order valence-corrected chi connectivity index (χ1v) is 9.36. The van der Waals surface area contributed by atoms with Crippen LogP contribution in [0.15, 0.2) is 52.9 Å². The van der Waals surface area contributed by atoms with Crippen molar-refractivity contribution >= 4 is 17.5 Å². The van der Waals surface area contributed by atoms with E-state index >= 15 is 0 Å². The number of aliphatic hydroxyl groups is 1. The summed E-state index contributed by atoms with van der Waals surface area (Å²) in [5.41, 5.74) is 2.52. The molecule has 0 aliphatic carbocycles. The van der Waals surface area contributed by atoms with Gasteiger partial charge in [-0.2, -0.15) is 0 Å². The normalized spacial score (nSPS) is 18.9. The number of amides is 1. The predicted molar refractivity (Wildman–Crippen MR) is 104 cm³/mol. The highest BCUT2D eigenvalue weighted by atomic mass is 35.5. The van der Waals surface area contributed by atoms with E-state index in [1.807, 2.05) is 36.4 Å². The fourth-order valence-corrected chi connectivity index (χ4v) is 3.20. The minimum absolute atomic E-state index is 0.196. The molecule has 8 heteroatoms. The number of benzene rings is 2. The van der Waals surface area contributed by atoms with Crippen LogP contribution in [0.1, 0.15) is 12.0 Å². The van der Waals surface area contributed by atoms with Crippen molar-refractivity contribution in [2.45, 2.75) is 25.1 Å². The van der Waals surface area contributed by atoms with Crippen molar-refractivity contribution < 1.29 is 14.3 Å². The molecule has 28 heavy (non-hydrogen) atoms. The first-order valence-electron chi connectivity index (χ1n) is 8.98. The number of aromatic nitrogens is 2. The number of carbonyl (C=O) groups is 1. The number of aliphatic hydroxyl groups excluding tert-OH is 1. The zero-order valence-corrected chi connectivity index (χ0v) is 15.7. The molecule has 1 saturated heterocycles. The molecule has 1 aliphatic heterocycles. The van der Waals surface area contributed by atoms with Gasteiger partial charge < -0.3 is 20.2 Å². The lowest BCUT2D eigenvalue weighted by Gasteiger charge is -2.14. The van der Waals surface area contributed by atoms with Crippen molar-refractivity contribution in [2.75, 3.05) is 6.54 Å². The van der Waals surface area contributed by atoms with E-state index in [1.54, 1.807) is 12.1 Å². The van der Waals surface area contributed by atoms with E-state index in [2.05, 4.69) is 20.8 Å². The van der Waals surface area contributed by atoms with Crippen LogP contribution in [-0.4, -0.2) is 39.9 Å². The van der Waals surface area contributed by atoms with Crippen LogP contribution < -0.4 is 10.6 Å². The largest absolute Gasteiger partial charge is 0.416 e. The summed E-state index contributed by atoms with van der Waals surface area (Å²) in [4.78, 5) is 12.1. The summed E-state index contributed by atoms with van der Waals surface area (Å²) < 4.78 is 5.74. The SMILES string of the molecule is O=C(NCc1ccc(-c2nnc(-c3ccc(Cl)cc3)o2)cc1)[C@H]1NCC[C@@H]1O. The average Bonchev–Trinajstić information content (AvgIpc) is 3.36. The van der Waals surface area contributed by atoms with Crippen LogP contribution in [-0.2, 0) is 11.3 Å². The monoisotopic (exact) mass is 398 g/mol. The second-order valence-corrected chi connectivity index (χ2v) is 7.06. The standard InChI is InChI=1S/C20H19ClN4O3/c21-15-7-5-14(6-8-15)20-25-24-19(28-20)13-3-1-12(2-4-13)11-23-18(27)17-16(26)9-10-22-17/h1-8,16-17,22,26H,9-11H2,(H,23,27)/t16-,17-/m0/s1. The average molecular weight is 399 g/mol. The van der Waals surface area contributed by atoms with Gasteiger partial charge in [0.25, 0.3) is 0 Å². The first-order chi connectivity index (χ1) is 13.6. The molecule has 2 atom stereocenters. The van der Waals surface area contributed by atoms with Gasteiger partial charge in [0.2, 0.25) is 17.7 Å². The number of hydrogen-bond donors (Lipinski definition) is 3. The molecular formula is C20H19ClN4O3. The summed E-state index contributed by atoms with van der Waals surface area (Å²) in [5.74, 6) is 0.642. The van der Waals surface area contributed by atoms with Crippen molar-refractivity contribution in [1.29, 1.82) is 0 Å². The van der Waals surface area contributed by atoms with Gasteiger partial charge in [0, 0.05) is 22.7 Å². The lowest BCUT2D eigenvalue weighted by molar-refractivity contribution is -0.124. The van der Waals surface area contributed by atoms with E-state index in [0.29, 0.717) is 36.3 Å². The van der Waals surface area contributed by atoms with E-state index in [-0.39, 0.29) is 5.91 Å². The molecule has 1 fully saturated rings. The summed E-state index contributed by atoms with van der Waals surface area (Å²) in [6.45, 7) is 1.03. The van der Waals surface area contributed by atoms with Crippen LogP contribution >= 0.6 is 11.6 Å². The van der Waals surface area contributed by atoms with Crippen molar-refractivity contribution in [1.82, 2.24) is 20.8 Å². The third-order valence-electron chi connectivity index (χ3n) is 4.66. The molecule has 0 unspecified atom stereocenters. The van der Waals surface area contributed by atoms with E-state index in [9.17, 15) is 9.90 Å². The summed E-state index contributed by atoms with van der Waals surface area (Å²) in [7, 11) is 0. The summed E-state index contributed by atoms with van der Waals surface area (Å²) in [5, 5.41) is 24.4. The molecule has 1 aliphatic rings. The van der Waals surface area contributed by atoms with Crippen molar-refractivity contribution in [3.63, 3.8) is 0 Å². The van der Waals surface area contributed by atoms with Crippen LogP contribution in [0, 0.1) is 0 Å². The van der Waals surface area contributed by atoms with Gasteiger partial charge in [-0.25, -0.2) is 0 Å². The van der Waals surface area contributed by atoms with Crippen LogP contribution in [0.25, 0.3) is 22.9 Å². The number of hydrogen-bond acceptors (Lipinski definition) is 6. The lowest BCUT2D eigenvalue weighted by Crippen LogP contribution is -2.45. The van der Waals surface area contributed by atoms with Crippen LogP contribution in [0.3, 0.4) is 0 Å². The Morgan fingerprint density at radius 2 is 1.71 bits per heavy atom. The summed E-state index contributed by atoms with van der Waals surface area (Å²) in [6.07, 6.45) is -0.0376. The van der Waals surface area contributed by atoms with Gasteiger partial charge in [-0.15, -0.1) is 10.2 Å². The van der Waals surface area contributed by atoms with Gasteiger partial charge in [-0.05, 0) is 54.9 Å².